The third-order valence-corrected chi connectivity index (χ3v) is 3.74. The number of aromatic nitrogens is 2. The highest BCUT2D eigenvalue weighted by Gasteiger charge is 2.27. The van der Waals surface area contributed by atoms with Crippen LogP contribution >= 0.6 is 11.6 Å². The SMILES string of the molecule is COC[C@H](C)NC(=O)[C@H]1CCCN(c2ccc(Cl)nn2)C1. The van der Waals surface area contributed by atoms with E-state index in [2.05, 4.69) is 20.4 Å². The van der Waals surface area contributed by atoms with Gasteiger partial charge >= 0.3 is 0 Å². The van der Waals surface area contributed by atoms with Crippen LogP contribution in [-0.2, 0) is 9.53 Å². The van der Waals surface area contributed by atoms with Crippen molar-refractivity contribution in [2.75, 3.05) is 31.7 Å². The molecule has 1 aliphatic rings. The minimum atomic E-state index is -0.0319. The van der Waals surface area contributed by atoms with Gasteiger partial charge in [0.1, 0.15) is 0 Å². The fraction of sp³-hybridized carbons (Fsp3) is 0.643. The Bertz CT molecular complexity index is 469. The van der Waals surface area contributed by atoms with Crippen LogP contribution < -0.4 is 10.2 Å². The van der Waals surface area contributed by atoms with E-state index in [1.165, 1.54) is 0 Å². The lowest BCUT2D eigenvalue weighted by atomic mass is 9.97. The maximum Gasteiger partial charge on any atom is 0.225 e. The maximum absolute atomic E-state index is 12.3. The number of halogens is 1. The van der Waals surface area contributed by atoms with Crippen LogP contribution in [-0.4, -0.2) is 49.0 Å². The van der Waals surface area contributed by atoms with Crippen molar-refractivity contribution in [1.82, 2.24) is 15.5 Å². The summed E-state index contributed by atoms with van der Waals surface area (Å²) in [5.74, 6) is 0.809. The summed E-state index contributed by atoms with van der Waals surface area (Å²) in [5, 5.41) is 11.3. The molecule has 0 unspecified atom stereocenters. The zero-order chi connectivity index (χ0) is 15.2. The number of carbonyl (C=O) groups is 1. The molecule has 1 saturated heterocycles. The summed E-state index contributed by atoms with van der Waals surface area (Å²) >= 11 is 5.75. The number of anilines is 1. The largest absolute Gasteiger partial charge is 0.383 e. The van der Waals surface area contributed by atoms with Crippen LogP contribution in [0.4, 0.5) is 5.82 Å². The molecule has 1 N–H and O–H groups in total. The first-order valence-corrected chi connectivity index (χ1v) is 7.51. The van der Waals surface area contributed by atoms with Crippen molar-refractivity contribution >= 4 is 23.3 Å². The van der Waals surface area contributed by atoms with Gasteiger partial charge in [-0.2, -0.15) is 0 Å². The van der Waals surface area contributed by atoms with Gasteiger partial charge in [0, 0.05) is 26.2 Å². The van der Waals surface area contributed by atoms with Crippen LogP contribution in [0.3, 0.4) is 0 Å². The van der Waals surface area contributed by atoms with Crippen molar-refractivity contribution in [3.05, 3.63) is 17.3 Å². The first-order chi connectivity index (χ1) is 10.1. The molecule has 1 fully saturated rings. The van der Waals surface area contributed by atoms with Crippen molar-refractivity contribution in [1.29, 1.82) is 0 Å². The molecule has 2 atom stereocenters. The Morgan fingerprint density at radius 2 is 2.38 bits per heavy atom. The highest BCUT2D eigenvalue weighted by atomic mass is 35.5. The van der Waals surface area contributed by atoms with E-state index in [4.69, 9.17) is 16.3 Å². The summed E-state index contributed by atoms with van der Waals surface area (Å²) in [5.41, 5.74) is 0. The molecule has 6 nitrogen and oxygen atoms in total. The first-order valence-electron chi connectivity index (χ1n) is 7.13. The van der Waals surface area contributed by atoms with E-state index in [0.717, 1.165) is 25.2 Å². The Labute approximate surface area is 129 Å². The predicted molar refractivity (Wildman–Crippen MR) is 81.5 cm³/mol. The van der Waals surface area contributed by atoms with E-state index >= 15 is 0 Å². The summed E-state index contributed by atoms with van der Waals surface area (Å²) in [6.45, 7) is 3.99. The Balaban J connectivity index is 1.94. The van der Waals surface area contributed by atoms with Gasteiger partial charge in [-0.1, -0.05) is 11.6 Å². The number of rotatable bonds is 5. The highest BCUT2D eigenvalue weighted by molar-refractivity contribution is 6.29. The number of piperidine rings is 1. The van der Waals surface area contributed by atoms with E-state index in [1.54, 1.807) is 13.2 Å². The van der Waals surface area contributed by atoms with Gasteiger partial charge < -0.3 is 15.0 Å². The molecule has 2 heterocycles. The molecular formula is C14H21ClN4O2. The van der Waals surface area contributed by atoms with Gasteiger partial charge in [-0.3, -0.25) is 4.79 Å². The first kappa shape index (κ1) is 16.0. The van der Waals surface area contributed by atoms with Gasteiger partial charge in [0.15, 0.2) is 11.0 Å². The summed E-state index contributed by atoms with van der Waals surface area (Å²) < 4.78 is 5.04. The summed E-state index contributed by atoms with van der Waals surface area (Å²) in [6, 6.07) is 3.57. The monoisotopic (exact) mass is 312 g/mol. The second kappa shape index (κ2) is 7.56. The molecule has 1 amide bonds. The van der Waals surface area contributed by atoms with E-state index < -0.39 is 0 Å². The van der Waals surface area contributed by atoms with Gasteiger partial charge in [0.2, 0.25) is 5.91 Å². The number of carbonyl (C=O) groups excluding carboxylic acids is 1. The molecule has 0 aliphatic carbocycles. The normalized spacial score (nSPS) is 20.1. The van der Waals surface area contributed by atoms with Crippen LogP contribution in [0.15, 0.2) is 12.1 Å². The molecular weight excluding hydrogens is 292 g/mol. The average molecular weight is 313 g/mol. The number of ether oxygens (including phenoxy) is 1. The molecule has 0 bridgehead atoms. The average Bonchev–Trinajstić information content (AvgIpc) is 2.48. The number of methoxy groups -OCH3 is 1. The predicted octanol–water partition coefficient (Wildman–Crippen LogP) is 1.50. The van der Waals surface area contributed by atoms with E-state index in [1.807, 2.05) is 13.0 Å². The van der Waals surface area contributed by atoms with Crippen molar-refractivity contribution in [3.63, 3.8) is 0 Å². The molecule has 1 aromatic rings. The minimum Gasteiger partial charge on any atom is -0.383 e. The molecule has 1 aliphatic heterocycles. The van der Waals surface area contributed by atoms with Gasteiger partial charge in [0.25, 0.3) is 0 Å². The molecule has 0 aromatic carbocycles. The second-order valence-electron chi connectivity index (χ2n) is 5.36. The van der Waals surface area contributed by atoms with Crippen molar-refractivity contribution in [3.8, 4) is 0 Å². The van der Waals surface area contributed by atoms with Crippen LogP contribution in [0.2, 0.25) is 5.15 Å². The lowest BCUT2D eigenvalue weighted by Crippen LogP contribution is -2.46. The molecule has 1 aromatic heterocycles. The fourth-order valence-electron chi connectivity index (χ4n) is 2.53. The van der Waals surface area contributed by atoms with E-state index in [9.17, 15) is 4.79 Å². The maximum atomic E-state index is 12.3. The fourth-order valence-corrected chi connectivity index (χ4v) is 2.63. The van der Waals surface area contributed by atoms with Gasteiger partial charge in [-0.25, -0.2) is 0 Å². The molecule has 0 saturated carbocycles. The van der Waals surface area contributed by atoms with E-state index in [-0.39, 0.29) is 17.9 Å². The smallest absolute Gasteiger partial charge is 0.225 e. The van der Waals surface area contributed by atoms with Gasteiger partial charge in [-0.05, 0) is 31.9 Å². The molecule has 21 heavy (non-hydrogen) atoms. The molecule has 116 valence electrons. The standard InChI is InChI=1S/C14H21ClN4O2/c1-10(9-21-2)16-14(20)11-4-3-7-19(8-11)13-6-5-12(15)17-18-13/h5-6,10-11H,3-4,7-9H2,1-2H3,(H,16,20)/t10-,11-/m0/s1. The lowest BCUT2D eigenvalue weighted by Gasteiger charge is -2.33. The van der Waals surface area contributed by atoms with Crippen molar-refractivity contribution < 1.29 is 9.53 Å². The summed E-state index contributed by atoms with van der Waals surface area (Å²) in [7, 11) is 1.63. The van der Waals surface area contributed by atoms with Gasteiger partial charge in [-0.15, -0.1) is 10.2 Å². The topological polar surface area (TPSA) is 67.3 Å². The van der Waals surface area contributed by atoms with Crippen LogP contribution in [0.1, 0.15) is 19.8 Å². The zero-order valence-corrected chi connectivity index (χ0v) is 13.1. The molecule has 0 radical (unpaired) electrons. The number of nitrogens with zero attached hydrogens (tertiary/aromatic N) is 3. The number of hydrogen-bond donors (Lipinski definition) is 1. The van der Waals surface area contributed by atoms with Crippen LogP contribution in [0.5, 0.6) is 0 Å². The third kappa shape index (κ3) is 4.54. The van der Waals surface area contributed by atoms with Crippen LogP contribution in [0, 0.1) is 5.92 Å². The third-order valence-electron chi connectivity index (χ3n) is 3.54. The number of amides is 1. The second-order valence-corrected chi connectivity index (χ2v) is 5.75. The van der Waals surface area contributed by atoms with Crippen LogP contribution in [0.25, 0.3) is 0 Å². The minimum absolute atomic E-state index is 0.0215. The summed E-state index contributed by atoms with van der Waals surface area (Å²) in [4.78, 5) is 14.3. The molecule has 0 spiro atoms. The number of hydrogen-bond acceptors (Lipinski definition) is 5. The quantitative estimate of drug-likeness (QED) is 0.892. The Hall–Kier alpha value is -1.40. The summed E-state index contributed by atoms with van der Waals surface area (Å²) in [6.07, 6.45) is 1.85. The Morgan fingerprint density at radius 3 is 3.05 bits per heavy atom. The van der Waals surface area contributed by atoms with Crippen molar-refractivity contribution in [2.45, 2.75) is 25.8 Å². The Kier molecular flexibility index (Phi) is 5.76. The zero-order valence-electron chi connectivity index (χ0n) is 12.4. The molecule has 7 heteroatoms. The Morgan fingerprint density at radius 1 is 1.57 bits per heavy atom. The lowest BCUT2D eigenvalue weighted by molar-refractivity contribution is -0.126. The van der Waals surface area contributed by atoms with Gasteiger partial charge in [0.05, 0.1) is 12.5 Å². The van der Waals surface area contributed by atoms with Crippen molar-refractivity contribution in [2.24, 2.45) is 5.92 Å². The highest BCUT2D eigenvalue weighted by Crippen LogP contribution is 2.22. The molecule has 2 rings (SSSR count). The number of nitrogens with one attached hydrogen (secondary N) is 1. The van der Waals surface area contributed by atoms with E-state index in [0.29, 0.717) is 18.3 Å².